The Bertz CT molecular complexity index is 410. The Kier molecular flexibility index (Phi) is 4.59. The topological polar surface area (TPSA) is 55.1 Å². The van der Waals surface area contributed by atoms with Crippen molar-refractivity contribution in [3.63, 3.8) is 0 Å². The minimum Gasteiger partial charge on any atom is -0.354 e. The average molecular weight is 260 g/mol. The zero-order valence-corrected chi connectivity index (χ0v) is 11.7. The third-order valence-electron chi connectivity index (χ3n) is 4.19. The van der Waals surface area contributed by atoms with E-state index in [4.69, 9.17) is 5.73 Å². The summed E-state index contributed by atoms with van der Waals surface area (Å²) >= 11 is 0. The molecular formula is C16H24N2O. The molecule has 3 heteroatoms. The van der Waals surface area contributed by atoms with Crippen LogP contribution in [-0.4, -0.2) is 12.5 Å². The smallest absolute Gasteiger partial charge is 0.241 e. The van der Waals surface area contributed by atoms with Gasteiger partial charge >= 0.3 is 0 Å². The maximum atomic E-state index is 12.1. The molecule has 0 aliphatic heterocycles. The molecule has 0 unspecified atom stereocenters. The summed E-state index contributed by atoms with van der Waals surface area (Å²) in [5.41, 5.74) is 7.11. The molecule has 0 bridgehead atoms. The van der Waals surface area contributed by atoms with Crippen molar-refractivity contribution in [1.82, 2.24) is 5.32 Å². The van der Waals surface area contributed by atoms with Crippen molar-refractivity contribution in [2.45, 2.75) is 45.1 Å². The highest BCUT2D eigenvalue weighted by molar-refractivity contribution is 5.82. The van der Waals surface area contributed by atoms with Crippen LogP contribution in [0.3, 0.4) is 0 Å². The Balaban J connectivity index is 1.87. The van der Waals surface area contributed by atoms with E-state index < -0.39 is 6.04 Å². The first-order valence-electron chi connectivity index (χ1n) is 7.19. The fourth-order valence-corrected chi connectivity index (χ4v) is 2.80. The van der Waals surface area contributed by atoms with Gasteiger partial charge < -0.3 is 11.1 Å². The van der Waals surface area contributed by atoms with Crippen LogP contribution in [0.25, 0.3) is 0 Å². The molecule has 0 spiro atoms. The number of hydrogen-bond donors (Lipinski definition) is 2. The fraction of sp³-hybridized carbons (Fsp3) is 0.562. The second-order valence-electron chi connectivity index (χ2n) is 5.98. The zero-order valence-electron chi connectivity index (χ0n) is 11.7. The Hall–Kier alpha value is -1.35. The van der Waals surface area contributed by atoms with Gasteiger partial charge in [-0.05, 0) is 23.8 Å². The fourth-order valence-electron chi connectivity index (χ4n) is 2.80. The number of hydrogen-bond acceptors (Lipinski definition) is 2. The van der Waals surface area contributed by atoms with Crippen molar-refractivity contribution < 1.29 is 4.79 Å². The average Bonchev–Trinajstić information content (AvgIpc) is 2.46. The maximum absolute atomic E-state index is 12.1. The number of nitrogens with one attached hydrogen (secondary N) is 1. The largest absolute Gasteiger partial charge is 0.354 e. The van der Waals surface area contributed by atoms with Gasteiger partial charge in [-0.1, -0.05) is 56.5 Å². The number of rotatable bonds is 4. The third kappa shape index (κ3) is 3.80. The minimum atomic E-state index is -0.562. The van der Waals surface area contributed by atoms with Crippen molar-refractivity contribution in [3.8, 4) is 0 Å². The monoisotopic (exact) mass is 260 g/mol. The zero-order chi connectivity index (χ0) is 13.7. The van der Waals surface area contributed by atoms with Crippen LogP contribution < -0.4 is 11.1 Å². The molecule has 104 valence electrons. The molecule has 3 N–H and O–H groups in total. The number of amides is 1. The molecule has 1 aliphatic carbocycles. The quantitative estimate of drug-likeness (QED) is 0.874. The van der Waals surface area contributed by atoms with Crippen LogP contribution in [0.2, 0.25) is 0 Å². The Morgan fingerprint density at radius 3 is 2.53 bits per heavy atom. The Morgan fingerprint density at radius 1 is 1.26 bits per heavy atom. The van der Waals surface area contributed by atoms with Crippen LogP contribution in [0.15, 0.2) is 30.3 Å². The lowest BCUT2D eigenvalue weighted by molar-refractivity contribution is -0.123. The highest BCUT2D eigenvalue weighted by Crippen LogP contribution is 2.34. The van der Waals surface area contributed by atoms with E-state index in [9.17, 15) is 4.79 Å². The van der Waals surface area contributed by atoms with Crippen LogP contribution in [0.5, 0.6) is 0 Å². The molecule has 1 aromatic rings. The summed E-state index contributed by atoms with van der Waals surface area (Å²) in [6, 6.07) is 8.97. The van der Waals surface area contributed by atoms with E-state index in [-0.39, 0.29) is 11.3 Å². The van der Waals surface area contributed by atoms with Gasteiger partial charge in [-0.25, -0.2) is 0 Å². The summed E-state index contributed by atoms with van der Waals surface area (Å²) in [6.07, 6.45) is 6.28. The molecule has 19 heavy (non-hydrogen) atoms. The molecule has 0 heterocycles. The molecule has 1 saturated carbocycles. The standard InChI is InChI=1S/C16H24N2O/c1-16(10-6-3-7-11-16)12-18-15(19)14(17)13-8-4-2-5-9-13/h2,4-5,8-9,14H,3,6-7,10-12,17H2,1H3,(H,18,19)/t14-/m0/s1. The summed E-state index contributed by atoms with van der Waals surface area (Å²) in [7, 11) is 0. The summed E-state index contributed by atoms with van der Waals surface area (Å²) in [6.45, 7) is 3.01. The van der Waals surface area contributed by atoms with Crippen molar-refractivity contribution in [2.75, 3.05) is 6.54 Å². The summed E-state index contributed by atoms with van der Waals surface area (Å²) in [4.78, 5) is 12.1. The lowest BCUT2D eigenvalue weighted by Crippen LogP contribution is -2.41. The third-order valence-corrected chi connectivity index (χ3v) is 4.19. The van der Waals surface area contributed by atoms with E-state index in [1.807, 2.05) is 30.3 Å². The molecule has 1 fully saturated rings. The molecular weight excluding hydrogens is 236 g/mol. The van der Waals surface area contributed by atoms with Crippen molar-refractivity contribution in [1.29, 1.82) is 0 Å². The van der Waals surface area contributed by atoms with E-state index in [1.54, 1.807) is 0 Å². The van der Waals surface area contributed by atoms with Gasteiger partial charge in [0, 0.05) is 6.54 Å². The molecule has 3 nitrogen and oxygen atoms in total. The molecule has 2 rings (SSSR count). The molecule has 1 atom stereocenters. The van der Waals surface area contributed by atoms with E-state index in [1.165, 1.54) is 32.1 Å². The van der Waals surface area contributed by atoms with Gasteiger partial charge in [-0.15, -0.1) is 0 Å². The van der Waals surface area contributed by atoms with Crippen LogP contribution in [0.4, 0.5) is 0 Å². The molecule has 0 aromatic heterocycles. The van der Waals surface area contributed by atoms with Gasteiger partial charge in [0.15, 0.2) is 0 Å². The minimum absolute atomic E-state index is 0.0713. The van der Waals surface area contributed by atoms with Gasteiger partial charge in [0.05, 0.1) is 0 Å². The van der Waals surface area contributed by atoms with Crippen LogP contribution >= 0.6 is 0 Å². The second-order valence-corrected chi connectivity index (χ2v) is 5.98. The van der Waals surface area contributed by atoms with E-state index in [2.05, 4.69) is 12.2 Å². The molecule has 1 aliphatic rings. The number of nitrogens with two attached hydrogens (primary N) is 1. The van der Waals surface area contributed by atoms with E-state index in [0.717, 1.165) is 12.1 Å². The lowest BCUT2D eigenvalue weighted by atomic mass is 9.75. The number of carbonyl (C=O) groups is 1. The lowest BCUT2D eigenvalue weighted by Gasteiger charge is -2.34. The highest BCUT2D eigenvalue weighted by atomic mass is 16.2. The van der Waals surface area contributed by atoms with Gasteiger partial charge in [0.1, 0.15) is 6.04 Å². The summed E-state index contributed by atoms with van der Waals surface area (Å²) in [5.74, 6) is -0.0713. The Labute approximate surface area is 115 Å². The summed E-state index contributed by atoms with van der Waals surface area (Å²) < 4.78 is 0. The Morgan fingerprint density at radius 2 is 1.89 bits per heavy atom. The summed E-state index contributed by atoms with van der Waals surface area (Å²) in [5, 5.41) is 3.03. The van der Waals surface area contributed by atoms with Crippen molar-refractivity contribution in [2.24, 2.45) is 11.1 Å². The van der Waals surface area contributed by atoms with E-state index >= 15 is 0 Å². The number of carbonyl (C=O) groups excluding carboxylic acids is 1. The second kappa shape index (κ2) is 6.20. The SMILES string of the molecule is CC1(CNC(=O)[C@@H](N)c2ccccc2)CCCCC1. The molecule has 1 aromatic carbocycles. The predicted molar refractivity (Wildman–Crippen MR) is 77.6 cm³/mol. The van der Waals surface area contributed by atoms with E-state index in [0.29, 0.717) is 0 Å². The van der Waals surface area contributed by atoms with Gasteiger partial charge in [0.25, 0.3) is 0 Å². The van der Waals surface area contributed by atoms with Crippen LogP contribution in [-0.2, 0) is 4.79 Å². The van der Waals surface area contributed by atoms with Gasteiger partial charge in [-0.2, -0.15) is 0 Å². The van der Waals surface area contributed by atoms with Crippen LogP contribution in [0, 0.1) is 5.41 Å². The highest BCUT2D eigenvalue weighted by Gasteiger charge is 2.28. The normalized spacial score (nSPS) is 19.7. The molecule has 1 amide bonds. The predicted octanol–water partition coefficient (Wildman–Crippen LogP) is 2.77. The maximum Gasteiger partial charge on any atom is 0.241 e. The molecule has 0 saturated heterocycles. The number of benzene rings is 1. The van der Waals surface area contributed by atoms with Crippen LogP contribution in [0.1, 0.15) is 50.6 Å². The molecule has 0 radical (unpaired) electrons. The first kappa shape index (κ1) is 14.1. The van der Waals surface area contributed by atoms with Crippen molar-refractivity contribution >= 4 is 5.91 Å². The van der Waals surface area contributed by atoms with Crippen molar-refractivity contribution in [3.05, 3.63) is 35.9 Å². The van der Waals surface area contributed by atoms with Gasteiger partial charge in [0.2, 0.25) is 5.91 Å². The first-order valence-corrected chi connectivity index (χ1v) is 7.19. The van der Waals surface area contributed by atoms with Gasteiger partial charge in [-0.3, -0.25) is 4.79 Å². The first-order chi connectivity index (χ1) is 9.11.